The summed E-state index contributed by atoms with van der Waals surface area (Å²) in [5, 5.41) is 4.20. The van der Waals surface area contributed by atoms with Crippen molar-refractivity contribution in [2.75, 3.05) is 5.73 Å². The fourth-order valence-electron chi connectivity index (χ4n) is 1.78. The molecule has 0 aliphatic rings. The van der Waals surface area contributed by atoms with Crippen LogP contribution in [0.5, 0.6) is 11.6 Å². The van der Waals surface area contributed by atoms with Crippen LogP contribution in [0.3, 0.4) is 0 Å². The number of nitrogens with zero attached hydrogens (tertiary/aromatic N) is 2. The van der Waals surface area contributed by atoms with Crippen LogP contribution in [0.25, 0.3) is 0 Å². The summed E-state index contributed by atoms with van der Waals surface area (Å²) in [5.74, 6) is -1.23. The predicted molar refractivity (Wildman–Crippen MR) is 68.0 cm³/mol. The van der Waals surface area contributed by atoms with Crippen LogP contribution in [-0.2, 0) is 13.5 Å². The van der Waals surface area contributed by atoms with Crippen molar-refractivity contribution in [2.24, 2.45) is 7.05 Å². The number of hydrogen-bond donors (Lipinski definition) is 1. The minimum Gasteiger partial charge on any atom is -0.434 e. The summed E-state index contributed by atoms with van der Waals surface area (Å²) in [4.78, 5) is 0. The molecule has 1 heterocycles. The van der Waals surface area contributed by atoms with Crippen LogP contribution in [0.4, 0.5) is 14.5 Å². The molecule has 0 aliphatic carbocycles. The van der Waals surface area contributed by atoms with Crippen LogP contribution in [0, 0.1) is 11.6 Å². The highest BCUT2D eigenvalue weighted by atomic mass is 19.1. The molecule has 0 unspecified atom stereocenters. The summed E-state index contributed by atoms with van der Waals surface area (Å²) in [6.07, 6.45) is 1.59. The molecule has 6 heteroatoms. The van der Waals surface area contributed by atoms with Crippen LogP contribution in [0.2, 0.25) is 0 Å². The van der Waals surface area contributed by atoms with Gasteiger partial charge in [-0.1, -0.05) is 13.3 Å². The van der Waals surface area contributed by atoms with E-state index >= 15 is 0 Å². The lowest BCUT2D eigenvalue weighted by Crippen LogP contribution is -1.98. The fraction of sp³-hybridized carbons (Fsp3) is 0.308. The van der Waals surface area contributed by atoms with Crippen LogP contribution in [0.15, 0.2) is 18.2 Å². The zero-order chi connectivity index (χ0) is 14.0. The van der Waals surface area contributed by atoms with Crippen LogP contribution < -0.4 is 10.5 Å². The van der Waals surface area contributed by atoms with Gasteiger partial charge in [-0.25, -0.2) is 13.5 Å². The number of nitrogens with two attached hydrogens (primary N) is 1. The minimum atomic E-state index is -0.654. The number of nitrogen functional groups attached to an aromatic ring is 1. The van der Waals surface area contributed by atoms with Crippen molar-refractivity contribution in [2.45, 2.75) is 19.8 Å². The first-order valence-corrected chi connectivity index (χ1v) is 5.97. The van der Waals surface area contributed by atoms with Crippen LogP contribution in [-0.4, -0.2) is 9.78 Å². The lowest BCUT2D eigenvalue weighted by Gasteiger charge is -2.07. The van der Waals surface area contributed by atoms with E-state index in [1.54, 1.807) is 7.05 Å². The average Bonchev–Trinajstić information content (AvgIpc) is 2.62. The molecular formula is C13H15F2N3O. The Morgan fingerprint density at radius 3 is 2.79 bits per heavy atom. The highest BCUT2D eigenvalue weighted by molar-refractivity contribution is 5.54. The van der Waals surface area contributed by atoms with Gasteiger partial charge in [-0.15, -0.1) is 0 Å². The van der Waals surface area contributed by atoms with E-state index in [2.05, 4.69) is 5.10 Å². The molecule has 2 aromatic rings. The van der Waals surface area contributed by atoms with Gasteiger partial charge in [0.05, 0.1) is 5.69 Å². The zero-order valence-electron chi connectivity index (χ0n) is 10.8. The van der Waals surface area contributed by atoms with Crippen molar-refractivity contribution < 1.29 is 13.5 Å². The molecule has 102 valence electrons. The Balaban J connectivity index is 2.35. The van der Waals surface area contributed by atoms with E-state index in [-0.39, 0.29) is 11.6 Å². The molecule has 0 bridgehead atoms. The zero-order valence-corrected chi connectivity index (χ0v) is 10.8. The van der Waals surface area contributed by atoms with Crippen molar-refractivity contribution in [3.63, 3.8) is 0 Å². The third kappa shape index (κ3) is 2.67. The monoisotopic (exact) mass is 267 g/mol. The first kappa shape index (κ1) is 13.3. The fourth-order valence-corrected chi connectivity index (χ4v) is 1.78. The van der Waals surface area contributed by atoms with Gasteiger partial charge in [0.15, 0.2) is 11.6 Å². The van der Waals surface area contributed by atoms with Gasteiger partial charge in [-0.3, -0.25) is 0 Å². The van der Waals surface area contributed by atoms with Crippen molar-refractivity contribution in [1.82, 2.24) is 9.78 Å². The number of benzene rings is 1. The molecule has 0 amide bonds. The Bertz CT molecular complexity index is 596. The van der Waals surface area contributed by atoms with E-state index < -0.39 is 11.6 Å². The summed E-state index contributed by atoms with van der Waals surface area (Å²) in [7, 11) is 1.64. The third-order valence-corrected chi connectivity index (χ3v) is 2.69. The maximum absolute atomic E-state index is 13.5. The molecule has 2 N–H and O–H groups in total. The number of aromatic nitrogens is 2. The number of hydrogen-bond acceptors (Lipinski definition) is 3. The first-order valence-electron chi connectivity index (χ1n) is 5.97. The third-order valence-electron chi connectivity index (χ3n) is 2.69. The van der Waals surface area contributed by atoms with E-state index in [1.165, 1.54) is 4.68 Å². The standard InChI is InChI=1S/C13H15F2N3O/c1-3-4-10-12(16)13(18(2)17-10)19-11-7-8(14)5-6-9(11)15/h5-7H,3-4,16H2,1-2H3. The Morgan fingerprint density at radius 2 is 2.11 bits per heavy atom. The maximum Gasteiger partial charge on any atom is 0.241 e. The summed E-state index contributed by atoms with van der Waals surface area (Å²) < 4.78 is 33.3. The molecule has 1 aromatic carbocycles. The number of ether oxygens (including phenoxy) is 1. The lowest BCUT2D eigenvalue weighted by molar-refractivity contribution is 0.401. The van der Waals surface area contributed by atoms with E-state index in [0.29, 0.717) is 17.8 Å². The molecule has 1 aromatic heterocycles. The molecule has 0 saturated carbocycles. The van der Waals surface area contributed by atoms with E-state index in [0.717, 1.165) is 24.6 Å². The van der Waals surface area contributed by atoms with E-state index in [1.807, 2.05) is 6.92 Å². The Labute approximate surface area is 109 Å². The molecule has 0 atom stereocenters. The first-order chi connectivity index (χ1) is 9.02. The normalized spacial score (nSPS) is 10.7. The number of aryl methyl sites for hydroxylation is 2. The number of rotatable bonds is 4. The van der Waals surface area contributed by atoms with E-state index in [4.69, 9.17) is 10.5 Å². The van der Waals surface area contributed by atoms with Gasteiger partial charge in [0.25, 0.3) is 0 Å². The molecule has 0 aliphatic heterocycles. The molecule has 19 heavy (non-hydrogen) atoms. The van der Waals surface area contributed by atoms with Crippen molar-refractivity contribution in [1.29, 1.82) is 0 Å². The van der Waals surface area contributed by atoms with Gasteiger partial charge < -0.3 is 10.5 Å². The molecule has 0 fully saturated rings. The molecule has 0 radical (unpaired) electrons. The lowest BCUT2D eigenvalue weighted by atomic mass is 10.2. The summed E-state index contributed by atoms with van der Waals surface area (Å²) in [6, 6.07) is 3.00. The second-order valence-corrected chi connectivity index (χ2v) is 4.22. The largest absolute Gasteiger partial charge is 0.434 e. The van der Waals surface area contributed by atoms with Gasteiger partial charge in [0.2, 0.25) is 5.88 Å². The molecular weight excluding hydrogens is 252 g/mol. The van der Waals surface area contributed by atoms with Gasteiger partial charge in [0.1, 0.15) is 11.5 Å². The Kier molecular flexibility index (Phi) is 3.69. The highest BCUT2D eigenvalue weighted by Crippen LogP contribution is 2.31. The average molecular weight is 267 g/mol. The second-order valence-electron chi connectivity index (χ2n) is 4.22. The van der Waals surface area contributed by atoms with Gasteiger partial charge in [-0.2, -0.15) is 5.10 Å². The smallest absolute Gasteiger partial charge is 0.241 e. The SMILES string of the molecule is CCCc1nn(C)c(Oc2cc(F)ccc2F)c1N. The van der Waals surface area contributed by atoms with E-state index in [9.17, 15) is 8.78 Å². The minimum absolute atomic E-state index is 0.210. The van der Waals surface area contributed by atoms with Crippen molar-refractivity contribution in [3.8, 4) is 11.6 Å². The van der Waals surface area contributed by atoms with Crippen LogP contribution >= 0.6 is 0 Å². The topological polar surface area (TPSA) is 53.1 Å². The maximum atomic E-state index is 13.5. The van der Waals surface area contributed by atoms with Gasteiger partial charge in [0, 0.05) is 13.1 Å². The van der Waals surface area contributed by atoms with Crippen LogP contribution in [0.1, 0.15) is 19.0 Å². The highest BCUT2D eigenvalue weighted by Gasteiger charge is 2.16. The number of anilines is 1. The molecule has 0 saturated heterocycles. The molecule has 4 nitrogen and oxygen atoms in total. The summed E-state index contributed by atoms with van der Waals surface area (Å²) >= 11 is 0. The predicted octanol–water partition coefficient (Wildman–Crippen LogP) is 3.03. The summed E-state index contributed by atoms with van der Waals surface area (Å²) in [6.45, 7) is 2.00. The number of halogens is 2. The Morgan fingerprint density at radius 1 is 1.37 bits per heavy atom. The van der Waals surface area contributed by atoms with Crippen molar-refractivity contribution >= 4 is 5.69 Å². The molecule has 2 rings (SSSR count). The summed E-state index contributed by atoms with van der Waals surface area (Å²) in [5.41, 5.74) is 6.95. The Hall–Kier alpha value is -2.11. The molecule has 0 spiro atoms. The van der Waals surface area contributed by atoms with Gasteiger partial charge in [-0.05, 0) is 18.6 Å². The quantitative estimate of drug-likeness (QED) is 0.926. The van der Waals surface area contributed by atoms with Gasteiger partial charge >= 0.3 is 0 Å². The van der Waals surface area contributed by atoms with Crippen molar-refractivity contribution in [3.05, 3.63) is 35.5 Å². The second kappa shape index (κ2) is 5.26.